The Bertz CT molecular complexity index is 1150. The van der Waals surface area contributed by atoms with Crippen LogP contribution >= 0.6 is 0 Å². The first-order chi connectivity index (χ1) is 14.4. The molecule has 1 N–H and O–H groups in total. The van der Waals surface area contributed by atoms with Gasteiger partial charge in [0, 0.05) is 60.7 Å². The van der Waals surface area contributed by atoms with Crippen LogP contribution in [-0.2, 0) is 12.5 Å². The summed E-state index contributed by atoms with van der Waals surface area (Å²) in [5.41, 5.74) is 3.40. The van der Waals surface area contributed by atoms with Crippen LogP contribution in [0.5, 0.6) is 0 Å². The predicted octanol–water partition coefficient (Wildman–Crippen LogP) is 3.91. The monoisotopic (exact) mass is 405 g/mol. The Balaban J connectivity index is 1.47. The van der Waals surface area contributed by atoms with Crippen molar-refractivity contribution in [2.45, 2.75) is 31.2 Å². The van der Waals surface area contributed by atoms with Gasteiger partial charge in [-0.25, -0.2) is 9.37 Å². The summed E-state index contributed by atoms with van der Waals surface area (Å²) in [6, 6.07) is 6.79. The summed E-state index contributed by atoms with van der Waals surface area (Å²) in [5.74, 6) is 0.0272. The molecule has 3 heterocycles. The Morgan fingerprint density at radius 2 is 2.13 bits per heavy atom. The normalized spacial score (nSPS) is 16.8. The maximum absolute atomic E-state index is 15.5. The van der Waals surface area contributed by atoms with E-state index in [9.17, 15) is 4.79 Å². The second kappa shape index (κ2) is 6.65. The molecule has 0 bridgehead atoms. The quantitative estimate of drug-likeness (QED) is 0.715. The van der Waals surface area contributed by atoms with Gasteiger partial charge in [-0.15, -0.1) is 0 Å². The van der Waals surface area contributed by atoms with Gasteiger partial charge in [-0.2, -0.15) is 5.10 Å². The van der Waals surface area contributed by atoms with Crippen molar-refractivity contribution in [2.75, 3.05) is 18.9 Å². The van der Waals surface area contributed by atoms with E-state index in [1.54, 1.807) is 47.2 Å². The number of anilines is 1. The summed E-state index contributed by atoms with van der Waals surface area (Å²) in [6.07, 6.45) is 7.53. The number of pyridine rings is 1. The molecule has 2 aliphatic rings. The largest absolute Gasteiger partial charge is 0.369 e. The molecule has 3 aromatic rings. The molecule has 1 spiro atoms. The minimum absolute atomic E-state index is 0.0606. The molecule has 5 rings (SSSR count). The van der Waals surface area contributed by atoms with Crippen LogP contribution < -0.4 is 5.32 Å². The zero-order chi connectivity index (χ0) is 21.0. The van der Waals surface area contributed by atoms with Gasteiger partial charge >= 0.3 is 0 Å². The molecule has 1 aliphatic carbocycles. The summed E-state index contributed by atoms with van der Waals surface area (Å²) in [7, 11) is 3.51. The lowest BCUT2D eigenvalue weighted by atomic mass is 9.95. The molecule has 7 heteroatoms. The van der Waals surface area contributed by atoms with Gasteiger partial charge in [0.2, 0.25) is 0 Å². The SMILES string of the molecule is C[C@H](c1cnn(C)c1)N(C)C(=O)c1cccc(-c2cnc3c(c2)C2(CC2)CN3)c1F. The van der Waals surface area contributed by atoms with Crippen molar-refractivity contribution in [2.24, 2.45) is 7.05 Å². The van der Waals surface area contributed by atoms with Crippen molar-refractivity contribution in [3.8, 4) is 11.1 Å². The van der Waals surface area contributed by atoms with Crippen LogP contribution in [0.3, 0.4) is 0 Å². The molecule has 30 heavy (non-hydrogen) atoms. The van der Waals surface area contributed by atoms with Crippen molar-refractivity contribution < 1.29 is 9.18 Å². The second-order valence-electron chi connectivity index (χ2n) is 8.46. The Morgan fingerprint density at radius 3 is 2.83 bits per heavy atom. The number of nitrogens with one attached hydrogen (secondary N) is 1. The number of benzene rings is 1. The van der Waals surface area contributed by atoms with E-state index >= 15 is 4.39 Å². The smallest absolute Gasteiger partial charge is 0.257 e. The highest BCUT2D eigenvalue weighted by molar-refractivity contribution is 5.96. The number of nitrogens with zero attached hydrogens (tertiary/aromatic N) is 4. The van der Waals surface area contributed by atoms with Crippen LogP contribution in [0.4, 0.5) is 10.2 Å². The van der Waals surface area contributed by atoms with Gasteiger partial charge in [0.05, 0.1) is 17.8 Å². The van der Waals surface area contributed by atoms with E-state index in [4.69, 9.17) is 0 Å². The Labute approximate surface area is 174 Å². The first-order valence-corrected chi connectivity index (χ1v) is 10.2. The van der Waals surface area contributed by atoms with E-state index in [0.717, 1.165) is 30.8 Å². The standard InChI is InChI=1S/C23H24FN5O/c1-14(16-11-27-28(2)12-16)29(3)22(30)18-6-4-5-17(20(18)24)15-9-19-21(25-10-15)26-13-23(19)7-8-23/h4-6,9-12,14H,7-8,13H2,1-3H3,(H,25,26)/t14-/m1/s1. The minimum Gasteiger partial charge on any atom is -0.369 e. The fraction of sp³-hybridized carbons (Fsp3) is 0.348. The highest BCUT2D eigenvalue weighted by Gasteiger charge is 2.49. The molecular weight excluding hydrogens is 381 g/mol. The number of hydrogen-bond donors (Lipinski definition) is 1. The zero-order valence-electron chi connectivity index (χ0n) is 17.3. The molecular formula is C23H24FN5O. The van der Waals surface area contributed by atoms with Crippen LogP contribution in [0.1, 0.15) is 47.3 Å². The maximum atomic E-state index is 15.5. The van der Waals surface area contributed by atoms with Gasteiger partial charge in [-0.3, -0.25) is 9.48 Å². The number of rotatable bonds is 4. The summed E-state index contributed by atoms with van der Waals surface area (Å²) in [4.78, 5) is 19.2. The van der Waals surface area contributed by atoms with E-state index in [-0.39, 0.29) is 22.9 Å². The topological polar surface area (TPSA) is 63.1 Å². The molecule has 6 nitrogen and oxygen atoms in total. The molecule has 1 amide bonds. The zero-order valence-corrected chi connectivity index (χ0v) is 17.3. The van der Waals surface area contributed by atoms with Gasteiger partial charge in [-0.1, -0.05) is 12.1 Å². The average Bonchev–Trinajstić information content (AvgIpc) is 3.28. The highest BCUT2D eigenvalue weighted by atomic mass is 19.1. The third-order valence-electron chi connectivity index (χ3n) is 6.56. The van der Waals surface area contributed by atoms with Crippen LogP contribution in [0, 0.1) is 5.82 Å². The average molecular weight is 405 g/mol. The molecule has 2 aromatic heterocycles. The third kappa shape index (κ3) is 2.88. The lowest BCUT2D eigenvalue weighted by molar-refractivity contribution is 0.0738. The third-order valence-corrected chi connectivity index (χ3v) is 6.56. The molecule has 1 fully saturated rings. The number of carbonyl (C=O) groups is 1. The lowest BCUT2D eigenvalue weighted by Crippen LogP contribution is -2.30. The first kappa shape index (κ1) is 18.8. The number of aryl methyl sites for hydroxylation is 1. The van der Waals surface area contributed by atoms with E-state index < -0.39 is 5.82 Å². The van der Waals surface area contributed by atoms with Crippen molar-refractivity contribution in [3.05, 3.63) is 65.4 Å². The predicted molar refractivity (Wildman–Crippen MR) is 113 cm³/mol. The van der Waals surface area contributed by atoms with Gasteiger partial charge in [0.25, 0.3) is 5.91 Å². The summed E-state index contributed by atoms with van der Waals surface area (Å²) < 4.78 is 17.2. The molecule has 0 radical (unpaired) electrons. The van der Waals surface area contributed by atoms with Crippen molar-refractivity contribution in [1.82, 2.24) is 19.7 Å². The fourth-order valence-electron chi connectivity index (χ4n) is 4.27. The number of hydrogen-bond acceptors (Lipinski definition) is 4. The fourth-order valence-corrected chi connectivity index (χ4v) is 4.27. The Kier molecular flexibility index (Phi) is 4.17. The Morgan fingerprint density at radius 1 is 1.33 bits per heavy atom. The van der Waals surface area contributed by atoms with Crippen LogP contribution in [0.15, 0.2) is 42.9 Å². The molecule has 1 aliphatic heterocycles. The molecule has 1 atom stereocenters. The van der Waals surface area contributed by atoms with Gasteiger partial charge in [0.1, 0.15) is 11.6 Å². The van der Waals surface area contributed by atoms with Crippen molar-refractivity contribution in [1.29, 1.82) is 0 Å². The molecule has 154 valence electrons. The molecule has 0 saturated heterocycles. The maximum Gasteiger partial charge on any atom is 0.257 e. The van der Waals surface area contributed by atoms with Crippen LogP contribution in [-0.4, -0.2) is 39.2 Å². The summed E-state index contributed by atoms with van der Waals surface area (Å²) in [5, 5.41) is 7.51. The highest BCUT2D eigenvalue weighted by Crippen LogP contribution is 2.54. The van der Waals surface area contributed by atoms with E-state index in [2.05, 4.69) is 15.4 Å². The first-order valence-electron chi connectivity index (χ1n) is 10.2. The van der Waals surface area contributed by atoms with E-state index in [1.807, 2.05) is 26.2 Å². The molecule has 1 aromatic carbocycles. The van der Waals surface area contributed by atoms with Crippen LogP contribution in [0.25, 0.3) is 11.1 Å². The van der Waals surface area contributed by atoms with Crippen molar-refractivity contribution >= 4 is 11.7 Å². The number of aromatic nitrogens is 3. The molecule has 0 unspecified atom stereocenters. The van der Waals surface area contributed by atoms with Gasteiger partial charge in [-0.05, 0) is 31.9 Å². The lowest BCUT2D eigenvalue weighted by Gasteiger charge is -2.24. The Hall–Kier alpha value is -3.22. The number of amides is 1. The van der Waals surface area contributed by atoms with Crippen LogP contribution in [0.2, 0.25) is 0 Å². The van der Waals surface area contributed by atoms with E-state index in [1.165, 1.54) is 5.56 Å². The number of carbonyl (C=O) groups excluding carboxylic acids is 1. The van der Waals surface area contributed by atoms with Crippen molar-refractivity contribution in [3.63, 3.8) is 0 Å². The summed E-state index contributed by atoms with van der Waals surface area (Å²) >= 11 is 0. The molecule has 1 saturated carbocycles. The minimum atomic E-state index is -0.509. The summed E-state index contributed by atoms with van der Waals surface area (Å²) in [6.45, 7) is 2.81. The van der Waals surface area contributed by atoms with E-state index in [0.29, 0.717) is 11.1 Å². The second-order valence-corrected chi connectivity index (χ2v) is 8.46. The number of halogens is 1. The number of fused-ring (bicyclic) bond motifs is 2. The van der Waals surface area contributed by atoms with Gasteiger partial charge in [0.15, 0.2) is 0 Å². The van der Waals surface area contributed by atoms with Gasteiger partial charge < -0.3 is 10.2 Å².